The van der Waals surface area contributed by atoms with Crippen molar-refractivity contribution in [2.24, 2.45) is 11.3 Å². The van der Waals surface area contributed by atoms with Gasteiger partial charge in [-0.3, -0.25) is 0 Å². The lowest BCUT2D eigenvalue weighted by Gasteiger charge is -2.33. The van der Waals surface area contributed by atoms with E-state index in [2.05, 4.69) is 90.0 Å². The molecule has 3 atom stereocenters. The highest BCUT2D eigenvalue weighted by atomic mass is 16.6. The van der Waals surface area contributed by atoms with E-state index >= 15 is 0 Å². The topological polar surface area (TPSA) is 34.3 Å². The first kappa shape index (κ1) is 40.1. The Labute approximate surface area is 229 Å². The monoisotopic (exact) mass is 515 g/mol. The zero-order chi connectivity index (χ0) is 26.6. The SMILES string of the molecule is C.C.CC(C)=C(C)C.CC1(C)COC1.CC1(C)OC1(C)C.CC1CCC2OC2C1.CCCCCCC. The van der Waals surface area contributed by atoms with Gasteiger partial charge >= 0.3 is 0 Å². The summed E-state index contributed by atoms with van der Waals surface area (Å²) in [5.74, 6) is 0.929. The molecule has 0 N–H and O–H groups in total. The molecule has 36 heavy (non-hydrogen) atoms. The number of hydrogen-bond acceptors (Lipinski definition) is 3. The van der Waals surface area contributed by atoms with Gasteiger partial charge in [-0.1, -0.05) is 92.7 Å². The smallest absolute Gasteiger partial charge is 0.0918 e. The normalized spacial score (nSPS) is 26.1. The Hall–Kier alpha value is -0.380. The quantitative estimate of drug-likeness (QED) is 0.212. The molecule has 4 fully saturated rings. The fraction of sp³-hybridized carbons (Fsp3) is 0.939. The average molecular weight is 515 g/mol. The Morgan fingerprint density at radius 1 is 0.694 bits per heavy atom. The van der Waals surface area contributed by atoms with Crippen LogP contribution in [0.4, 0.5) is 0 Å². The van der Waals surface area contributed by atoms with E-state index in [1.807, 2.05) is 0 Å². The van der Waals surface area contributed by atoms with Gasteiger partial charge in [-0.15, -0.1) is 0 Å². The van der Waals surface area contributed by atoms with Crippen LogP contribution in [0.1, 0.15) is 156 Å². The Bertz CT molecular complexity index is 533. The van der Waals surface area contributed by atoms with Gasteiger partial charge in [0.25, 0.3) is 0 Å². The van der Waals surface area contributed by atoms with Gasteiger partial charge in [0.1, 0.15) is 0 Å². The Balaban J connectivity index is -0.000000375. The number of fused-ring (bicyclic) bond motifs is 1. The zero-order valence-electron chi connectivity index (χ0n) is 25.5. The Kier molecular flexibility index (Phi) is 21.0. The molecule has 0 aromatic carbocycles. The molecule has 1 saturated carbocycles. The lowest BCUT2D eigenvalue weighted by Crippen LogP contribution is -2.36. The van der Waals surface area contributed by atoms with E-state index in [0.29, 0.717) is 17.6 Å². The molecule has 4 rings (SSSR count). The van der Waals surface area contributed by atoms with E-state index in [4.69, 9.17) is 14.2 Å². The van der Waals surface area contributed by atoms with Crippen LogP contribution in [-0.2, 0) is 14.2 Å². The van der Waals surface area contributed by atoms with Crippen molar-refractivity contribution in [1.82, 2.24) is 0 Å². The fourth-order valence-corrected chi connectivity index (χ4v) is 3.40. The number of hydrogen-bond donors (Lipinski definition) is 0. The van der Waals surface area contributed by atoms with Gasteiger partial charge in [0.05, 0.1) is 36.6 Å². The third-order valence-corrected chi connectivity index (χ3v) is 7.38. The second kappa shape index (κ2) is 18.8. The molecule has 0 spiro atoms. The lowest BCUT2D eigenvalue weighted by atomic mass is 9.91. The fourth-order valence-electron chi connectivity index (χ4n) is 3.40. The van der Waals surface area contributed by atoms with Crippen molar-refractivity contribution in [3.8, 4) is 0 Å². The average Bonchev–Trinajstić information content (AvgIpc) is 3.56. The van der Waals surface area contributed by atoms with E-state index in [1.165, 1.54) is 62.5 Å². The number of unbranched alkanes of at least 4 members (excludes halogenated alkanes) is 4. The first-order valence-corrected chi connectivity index (χ1v) is 14.1. The van der Waals surface area contributed by atoms with Crippen molar-refractivity contribution in [3.05, 3.63) is 11.1 Å². The molecule has 3 heteroatoms. The van der Waals surface area contributed by atoms with Crippen LogP contribution in [0.3, 0.4) is 0 Å². The van der Waals surface area contributed by atoms with Crippen molar-refractivity contribution in [3.63, 3.8) is 0 Å². The first-order chi connectivity index (χ1) is 15.6. The third kappa shape index (κ3) is 18.8. The van der Waals surface area contributed by atoms with Gasteiger partial charge in [-0.25, -0.2) is 0 Å². The standard InChI is InChI=1S/C7H12O.C7H16.C6H12O.C6H12.C5H10O.2CH4/c1-5-2-3-6-7(4-5)8-6;1-3-5-7-6-4-2;1-5(2)6(3,4)7-5;1-5(2)6(3)4;1-5(2)3-6-4-5;;/h5-7H,2-4H2,1H3;3-7H2,1-2H3;1-4H3;1-4H3;3-4H2,1-2H3;2*1H4. The highest BCUT2D eigenvalue weighted by Gasteiger charge is 2.55. The minimum atomic E-state index is 0. The van der Waals surface area contributed by atoms with Crippen LogP contribution in [0, 0.1) is 11.3 Å². The molecule has 3 unspecified atom stereocenters. The number of rotatable bonds is 4. The molecule has 3 heterocycles. The predicted octanol–water partition coefficient (Wildman–Crippen LogP) is 10.8. The molecular formula is C33H70O3. The second-order valence-electron chi connectivity index (χ2n) is 13.0. The van der Waals surface area contributed by atoms with E-state index in [-0.39, 0.29) is 26.1 Å². The molecule has 1 aliphatic carbocycles. The van der Waals surface area contributed by atoms with Crippen LogP contribution < -0.4 is 0 Å². The van der Waals surface area contributed by atoms with Crippen molar-refractivity contribution in [1.29, 1.82) is 0 Å². The Morgan fingerprint density at radius 3 is 1.28 bits per heavy atom. The zero-order valence-corrected chi connectivity index (χ0v) is 25.5. The van der Waals surface area contributed by atoms with Gasteiger partial charge in [-0.2, -0.15) is 0 Å². The summed E-state index contributed by atoms with van der Waals surface area (Å²) >= 11 is 0. The molecule has 0 radical (unpaired) electrons. The van der Waals surface area contributed by atoms with E-state index in [9.17, 15) is 0 Å². The van der Waals surface area contributed by atoms with Crippen molar-refractivity contribution < 1.29 is 14.2 Å². The van der Waals surface area contributed by atoms with Gasteiger partial charge < -0.3 is 14.2 Å². The van der Waals surface area contributed by atoms with Gasteiger partial charge in [-0.05, 0) is 80.6 Å². The summed E-state index contributed by atoms with van der Waals surface area (Å²) < 4.78 is 15.6. The molecular weight excluding hydrogens is 444 g/mol. The van der Waals surface area contributed by atoms with Crippen LogP contribution in [-0.4, -0.2) is 36.6 Å². The summed E-state index contributed by atoms with van der Waals surface area (Å²) in [6, 6.07) is 0. The largest absolute Gasteiger partial charge is 0.380 e. The number of ether oxygens (including phenoxy) is 3. The van der Waals surface area contributed by atoms with E-state index in [1.54, 1.807) is 0 Å². The minimum Gasteiger partial charge on any atom is -0.380 e. The number of epoxide rings is 2. The molecule has 0 aromatic heterocycles. The Morgan fingerprint density at radius 2 is 1.08 bits per heavy atom. The highest BCUT2D eigenvalue weighted by Crippen LogP contribution is 2.46. The third-order valence-electron chi connectivity index (χ3n) is 7.38. The van der Waals surface area contributed by atoms with Crippen LogP contribution in [0.2, 0.25) is 0 Å². The van der Waals surface area contributed by atoms with E-state index < -0.39 is 0 Å². The minimum absolute atomic E-state index is 0. The molecule has 0 bridgehead atoms. The van der Waals surface area contributed by atoms with Crippen LogP contribution in [0.5, 0.6) is 0 Å². The van der Waals surface area contributed by atoms with Crippen LogP contribution >= 0.6 is 0 Å². The molecule has 3 aliphatic heterocycles. The maximum Gasteiger partial charge on any atom is 0.0918 e. The first-order valence-electron chi connectivity index (χ1n) is 14.1. The molecule has 220 valence electrons. The molecule has 3 nitrogen and oxygen atoms in total. The summed E-state index contributed by atoms with van der Waals surface area (Å²) in [6.45, 7) is 30.0. The molecule has 4 aliphatic rings. The van der Waals surface area contributed by atoms with Crippen LogP contribution in [0.25, 0.3) is 0 Å². The summed E-state index contributed by atoms with van der Waals surface area (Å²) in [5.41, 5.74) is 3.64. The van der Waals surface area contributed by atoms with Gasteiger partial charge in [0.2, 0.25) is 0 Å². The maximum absolute atomic E-state index is 5.35. The second-order valence-corrected chi connectivity index (χ2v) is 13.0. The van der Waals surface area contributed by atoms with Crippen molar-refractivity contribution in [2.75, 3.05) is 13.2 Å². The molecule has 0 amide bonds. The van der Waals surface area contributed by atoms with Crippen molar-refractivity contribution >= 4 is 0 Å². The number of allylic oxidation sites excluding steroid dienone is 2. The maximum atomic E-state index is 5.35. The molecule has 0 aromatic rings. The summed E-state index contributed by atoms with van der Waals surface area (Å²) in [4.78, 5) is 0. The lowest BCUT2D eigenvalue weighted by molar-refractivity contribution is -0.0892. The van der Waals surface area contributed by atoms with E-state index in [0.717, 1.165) is 19.1 Å². The molecule has 3 saturated heterocycles. The van der Waals surface area contributed by atoms with Crippen LogP contribution in [0.15, 0.2) is 11.1 Å². The summed E-state index contributed by atoms with van der Waals surface area (Å²) in [5, 5.41) is 0. The van der Waals surface area contributed by atoms with Gasteiger partial charge in [0, 0.05) is 5.41 Å². The summed E-state index contributed by atoms with van der Waals surface area (Å²) in [7, 11) is 0. The highest BCUT2D eigenvalue weighted by molar-refractivity contribution is 5.03. The van der Waals surface area contributed by atoms with Crippen molar-refractivity contribution in [2.45, 2.75) is 180 Å². The predicted molar refractivity (Wildman–Crippen MR) is 163 cm³/mol. The van der Waals surface area contributed by atoms with Gasteiger partial charge in [0.15, 0.2) is 0 Å². The summed E-state index contributed by atoms with van der Waals surface area (Å²) in [6.07, 6.45) is 12.4.